The predicted octanol–water partition coefficient (Wildman–Crippen LogP) is 0.186. The van der Waals surface area contributed by atoms with Crippen molar-refractivity contribution in [3.63, 3.8) is 0 Å². The number of rotatable bonds is 3. The topological polar surface area (TPSA) is 81.1 Å². The lowest BCUT2D eigenvalue weighted by Crippen LogP contribution is -2.25. The van der Waals surface area contributed by atoms with Gasteiger partial charge in [-0.1, -0.05) is 12.1 Å². The molecular weight excluding hydrogens is 254 g/mol. The summed E-state index contributed by atoms with van der Waals surface area (Å²) in [5.41, 5.74) is 1.18. The fourth-order valence-corrected chi connectivity index (χ4v) is 2.54. The van der Waals surface area contributed by atoms with Crippen LogP contribution in [0.4, 0.5) is 0 Å². The average molecular weight is 267 g/mol. The molecule has 2 rings (SSSR count). The van der Waals surface area contributed by atoms with Crippen LogP contribution in [0.2, 0.25) is 0 Å². The minimum Gasteiger partial charge on any atom is -0.358 e. The molecular formula is C11H13N3O3S. The minimum absolute atomic E-state index is 0.0700. The second-order valence-corrected chi connectivity index (χ2v) is 5.82. The van der Waals surface area contributed by atoms with E-state index in [1.54, 1.807) is 24.3 Å². The zero-order valence-corrected chi connectivity index (χ0v) is 10.9. The van der Waals surface area contributed by atoms with Crippen LogP contribution in [0.25, 0.3) is 11.0 Å². The van der Waals surface area contributed by atoms with Crippen molar-refractivity contribution in [2.75, 3.05) is 13.3 Å². The third-order valence-corrected chi connectivity index (χ3v) is 3.51. The van der Waals surface area contributed by atoms with E-state index in [1.165, 1.54) is 11.6 Å². The molecule has 0 unspecified atom stereocenters. The lowest BCUT2D eigenvalue weighted by atomic mass is 10.3. The van der Waals surface area contributed by atoms with Crippen molar-refractivity contribution in [2.24, 2.45) is 0 Å². The average Bonchev–Trinajstić information content (AvgIpc) is 2.68. The number of nitrogens with zero attached hydrogens (tertiary/aromatic N) is 2. The minimum atomic E-state index is -3.48. The van der Waals surface area contributed by atoms with Gasteiger partial charge in [0, 0.05) is 13.3 Å². The fourth-order valence-electron chi connectivity index (χ4n) is 1.71. The monoisotopic (exact) mass is 267 g/mol. The molecule has 0 fully saturated rings. The summed E-state index contributed by atoms with van der Waals surface area (Å²) in [5, 5.41) is 2.37. The Bertz CT molecular complexity index is 703. The van der Waals surface area contributed by atoms with Crippen LogP contribution in [-0.2, 0) is 21.2 Å². The molecule has 18 heavy (non-hydrogen) atoms. The van der Waals surface area contributed by atoms with Crippen molar-refractivity contribution in [3.8, 4) is 0 Å². The van der Waals surface area contributed by atoms with Crippen LogP contribution in [0.3, 0.4) is 0 Å². The maximum absolute atomic E-state index is 11.7. The van der Waals surface area contributed by atoms with E-state index in [1.807, 2.05) is 0 Å². The number of hydrogen-bond acceptors (Lipinski definition) is 4. The molecule has 0 aliphatic rings. The number of likely N-dealkylation sites (N-methyl/N-ethyl adjacent to an activating group) is 1. The van der Waals surface area contributed by atoms with Crippen LogP contribution in [-0.4, -0.2) is 37.2 Å². The lowest BCUT2D eigenvalue weighted by molar-refractivity contribution is -0.121. The summed E-state index contributed by atoms with van der Waals surface area (Å²) in [6.45, 7) is -0.0700. The Morgan fingerprint density at radius 1 is 1.39 bits per heavy atom. The number of amides is 1. The van der Waals surface area contributed by atoms with Crippen LogP contribution >= 0.6 is 0 Å². The second kappa shape index (κ2) is 4.41. The molecule has 0 atom stereocenters. The highest BCUT2D eigenvalue weighted by atomic mass is 32.2. The number of hydrogen-bond donors (Lipinski definition) is 1. The van der Waals surface area contributed by atoms with Gasteiger partial charge in [0.25, 0.3) is 0 Å². The summed E-state index contributed by atoms with van der Waals surface area (Å²) in [6.07, 6.45) is 1.08. The molecule has 0 aliphatic carbocycles. The molecule has 1 amide bonds. The number of imidazole rings is 1. The number of carbonyl (C=O) groups is 1. The van der Waals surface area contributed by atoms with Crippen LogP contribution in [0.1, 0.15) is 0 Å². The van der Waals surface area contributed by atoms with E-state index in [-0.39, 0.29) is 17.6 Å². The molecule has 0 radical (unpaired) electrons. The predicted molar refractivity (Wildman–Crippen MR) is 66.9 cm³/mol. The zero-order valence-electron chi connectivity index (χ0n) is 10.0. The molecule has 0 saturated heterocycles. The second-order valence-electron chi connectivity index (χ2n) is 3.91. The third kappa shape index (κ3) is 2.21. The first-order valence-electron chi connectivity index (χ1n) is 5.29. The highest BCUT2D eigenvalue weighted by Crippen LogP contribution is 2.19. The van der Waals surface area contributed by atoms with Crippen LogP contribution < -0.4 is 5.32 Å². The standard InChI is InChI=1S/C11H13N3O3S/c1-12-10(15)7-14-9-6-4-3-5-8(9)13-11(14)18(2,16)17/h3-6H,7H2,1-2H3,(H,12,15). The number of carbonyl (C=O) groups excluding carboxylic acids is 1. The van der Waals surface area contributed by atoms with E-state index in [0.29, 0.717) is 11.0 Å². The first-order valence-corrected chi connectivity index (χ1v) is 7.18. The molecule has 96 valence electrons. The molecule has 0 saturated carbocycles. The highest BCUT2D eigenvalue weighted by Gasteiger charge is 2.20. The van der Waals surface area contributed by atoms with E-state index < -0.39 is 9.84 Å². The number of nitrogens with one attached hydrogen (secondary N) is 1. The van der Waals surface area contributed by atoms with Crippen molar-refractivity contribution in [3.05, 3.63) is 24.3 Å². The molecule has 2 aromatic rings. The lowest BCUT2D eigenvalue weighted by Gasteiger charge is -2.06. The SMILES string of the molecule is CNC(=O)Cn1c(S(C)(=O)=O)nc2ccccc21. The number of aromatic nitrogens is 2. The van der Waals surface area contributed by atoms with Crippen molar-refractivity contribution in [1.82, 2.24) is 14.9 Å². The van der Waals surface area contributed by atoms with Crippen molar-refractivity contribution >= 4 is 26.8 Å². The smallest absolute Gasteiger partial charge is 0.239 e. The first-order chi connectivity index (χ1) is 8.43. The molecule has 0 spiro atoms. The molecule has 1 aromatic carbocycles. The van der Waals surface area contributed by atoms with Crippen LogP contribution in [0.15, 0.2) is 29.4 Å². The number of benzene rings is 1. The summed E-state index contributed by atoms with van der Waals surface area (Å²) in [6, 6.07) is 6.99. The Morgan fingerprint density at radius 2 is 2.06 bits per heavy atom. The Kier molecular flexibility index (Phi) is 3.08. The zero-order chi connectivity index (χ0) is 13.3. The van der Waals surface area contributed by atoms with Crippen molar-refractivity contribution in [1.29, 1.82) is 0 Å². The maximum atomic E-state index is 11.7. The summed E-state index contributed by atoms with van der Waals surface area (Å²) in [7, 11) is -1.98. The molecule has 0 aliphatic heterocycles. The highest BCUT2D eigenvalue weighted by molar-refractivity contribution is 7.90. The van der Waals surface area contributed by atoms with Crippen LogP contribution in [0, 0.1) is 0 Å². The molecule has 7 heteroatoms. The van der Waals surface area contributed by atoms with Gasteiger partial charge in [-0.2, -0.15) is 0 Å². The summed E-state index contributed by atoms with van der Waals surface area (Å²) in [4.78, 5) is 15.5. The summed E-state index contributed by atoms with van der Waals surface area (Å²) in [5.74, 6) is -0.275. The van der Waals surface area contributed by atoms with Gasteiger partial charge in [0.05, 0.1) is 11.0 Å². The van der Waals surface area contributed by atoms with E-state index in [2.05, 4.69) is 10.3 Å². The van der Waals surface area contributed by atoms with E-state index in [9.17, 15) is 13.2 Å². The molecule has 1 N–H and O–H groups in total. The molecule has 0 bridgehead atoms. The Labute approximate surface area is 105 Å². The van der Waals surface area contributed by atoms with Gasteiger partial charge in [0.1, 0.15) is 6.54 Å². The fraction of sp³-hybridized carbons (Fsp3) is 0.273. The van der Waals surface area contributed by atoms with Crippen molar-refractivity contribution < 1.29 is 13.2 Å². The van der Waals surface area contributed by atoms with Crippen molar-refractivity contribution in [2.45, 2.75) is 11.7 Å². The maximum Gasteiger partial charge on any atom is 0.239 e. The largest absolute Gasteiger partial charge is 0.358 e. The number of sulfone groups is 1. The van der Waals surface area contributed by atoms with E-state index >= 15 is 0 Å². The molecule has 1 aromatic heterocycles. The van der Waals surface area contributed by atoms with E-state index in [0.717, 1.165) is 6.26 Å². The van der Waals surface area contributed by atoms with Gasteiger partial charge >= 0.3 is 0 Å². The van der Waals surface area contributed by atoms with Gasteiger partial charge in [0.2, 0.25) is 20.9 Å². The molecule has 6 nitrogen and oxygen atoms in total. The van der Waals surface area contributed by atoms with Gasteiger partial charge in [-0.15, -0.1) is 0 Å². The van der Waals surface area contributed by atoms with E-state index in [4.69, 9.17) is 0 Å². The van der Waals surface area contributed by atoms with Gasteiger partial charge < -0.3 is 9.88 Å². The van der Waals surface area contributed by atoms with Gasteiger partial charge in [0.15, 0.2) is 0 Å². The molecule has 1 heterocycles. The first kappa shape index (κ1) is 12.6. The Morgan fingerprint density at radius 3 is 2.67 bits per heavy atom. The van der Waals surface area contributed by atoms with Gasteiger partial charge in [-0.3, -0.25) is 4.79 Å². The quantitative estimate of drug-likeness (QED) is 0.860. The number of fused-ring (bicyclic) bond motifs is 1. The third-order valence-electron chi connectivity index (χ3n) is 2.53. The summed E-state index contributed by atoms with van der Waals surface area (Å²) < 4.78 is 24.8. The van der Waals surface area contributed by atoms with Gasteiger partial charge in [-0.05, 0) is 12.1 Å². The Balaban J connectivity index is 2.69. The normalized spacial score (nSPS) is 11.7. The van der Waals surface area contributed by atoms with Crippen LogP contribution in [0.5, 0.6) is 0 Å². The summed E-state index contributed by atoms with van der Waals surface area (Å²) >= 11 is 0. The number of para-hydroxylation sites is 2. The Hall–Kier alpha value is -1.89. The van der Waals surface area contributed by atoms with Gasteiger partial charge in [-0.25, -0.2) is 13.4 Å².